The summed E-state index contributed by atoms with van der Waals surface area (Å²) in [6.45, 7) is 1.70. The molecular weight excluding hydrogens is 363 g/mol. The molecule has 0 aromatic heterocycles. The molecule has 1 aliphatic heterocycles. The zero-order valence-corrected chi connectivity index (χ0v) is 15.4. The first kappa shape index (κ1) is 18.1. The van der Waals surface area contributed by atoms with Crippen LogP contribution in [-0.2, 0) is 9.53 Å². The Hall–Kier alpha value is -1.72. The van der Waals surface area contributed by atoms with Crippen LogP contribution in [0.1, 0.15) is 50.6 Å². The molecule has 1 fully saturated rings. The molecule has 25 heavy (non-hydrogen) atoms. The van der Waals surface area contributed by atoms with Gasteiger partial charge in [0.2, 0.25) is 0 Å². The lowest BCUT2D eigenvalue weighted by atomic mass is 9.94. The normalized spacial score (nSPS) is 21.6. The fourth-order valence-electron chi connectivity index (χ4n) is 3.30. The van der Waals surface area contributed by atoms with Gasteiger partial charge in [0.1, 0.15) is 6.10 Å². The summed E-state index contributed by atoms with van der Waals surface area (Å²) in [6.07, 6.45) is 5.03. The monoisotopic (exact) mass is 382 g/mol. The summed E-state index contributed by atoms with van der Waals surface area (Å²) in [4.78, 5) is 24.7. The summed E-state index contributed by atoms with van der Waals surface area (Å²) in [5.41, 5.74) is 1.56. The standard InChI is InChI=1S/C18H20Cl2N2O3/c1-10-15(17(23)25-12-5-3-2-4-6-12)16(22-18(24)21-10)11-7-8-13(19)14(20)9-11/h7-9,12,16H,2-6H2,1H3,(H2,21,22,24)/t16-/m0/s1. The lowest BCUT2D eigenvalue weighted by Gasteiger charge is -2.30. The van der Waals surface area contributed by atoms with Crippen molar-refractivity contribution in [2.75, 3.05) is 0 Å². The lowest BCUT2D eigenvalue weighted by Crippen LogP contribution is -2.45. The van der Waals surface area contributed by atoms with Crippen LogP contribution in [0, 0.1) is 0 Å². The number of benzene rings is 1. The second-order valence-corrected chi connectivity index (χ2v) is 7.22. The van der Waals surface area contributed by atoms with Crippen LogP contribution in [0.3, 0.4) is 0 Å². The van der Waals surface area contributed by atoms with Crippen LogP contribution in [0.4, 0.5) is 4.79 Å². The van der Waals surface area contributed by atoms with Gasteiger partial charge < -0.3 is 15.4 Å². The highest BCUT2D eigenvalue weighted by Crippen LogP contribution is 2.32. The molecule has 1 atom stereocenters. The second kappa shape index (κ2) is 7.67. The van der Waals surface area contributed by atoms with E-state index < -0.39 is 12.0 Å². The van der Waals surface area contributed by atoms with E-state index in [4.69, 9.17) is 27.9 Å². The van der Waals surface area contributed by atoms with Gasteiger partial charge in [-0.05, 0) is 50.3 Å². The fourth-order valence-corrected chi connectivity index (χ4v) is 3.61. The highest BCUT2D eigenvalue weighted by molar-refractivity contribution is 6.42. The minimum Gasteiger partial charge on any atom is -0.459 e. The van der Waals surface area contributed by atoms with Crippen LogP contribution in [0.15, 0.2) is 29.5 Å². The van der Waals surface area contributed by atoms with E-state index >= 15 is 0 Å². The third kappa shape index (κ3) is 4.10. The topological polar surface area (TPSA) is 67.4 Å². The Balaban J connectivity index is 1.88. The summed E-state index contributed by atoms with van der Waals surface area (Å²) < 4.78 is 5.70. The number of ether oxygens (including phenoxy) is 1. The largest absolute Gasteiger partial charge is 0.459 e. The third-order valence-corrected chi connectivity index (χ3v) is 5.33. The van der Waals surface area contributed by atoms with E-state index in [-0.39, 0.29) is 12.1 Å². The van der Waals surface area contributed by atoms with Crippen molar-refractivity contribution in [1.29, 1.82) is 0 Å². The van der Waals surface area contributed by atoms with Crippen molar-refractivity contribution in [2.45, 2.75) is 51.2 Å². The minimum atomic E-state index is -0.625. The number of carbonyl (C=O) groups is 2. The summed E-state index contributed by atoms with van der Waals surface area (Å²) >= 11 is 12.1. The van der Waals surface area contributed by atoms with Crippen molar-refractivity contribution in [3.63, 3.8) is 0 Å². The van der Waals surface area contributed by atoms with Gasteiger partial charge in [0.15, 0.2) is 0 Å². The van der Waals surface area contributed by atoms with Gasteiger partial charge in [0.05, 0.1) is 21.7 Å². The van der Waals surface area contributed by atoms with Crippen LogP contribution in [0.5, 0.6) is 0 Å². The molecule has 3 rings (SSSR count). The van der Waals surface area contributed by atoms with Crippen molar-refractivity contribution in [1.82, 2.24) is 10.6 Å². The maximum Gasteiger partial charge on any atom is 0.338 e. The molecule has 2 amide bonds. The molecule has 0 bridgehead atoms. The molecular formula is C18H20Cl2N2O3. The van der Waals surface area contributed by atoms with E-state index in [1.165, 1.54) is 6.42 Å². The van der Waals surface area contributed by atoms with E-state index in [2.05, 4.69) is 10.6 Å². The summed E-state index contributed by atoms with van der Waals surface area (Å²) in [5.74, 6) is -0.409. The zero-order valence-electron chi connectivity index (χ0n) is 13.9. The predicted molar refractivity (Wildman–Crippen MR) is 96.5 cm³/mol. The fraction of sp³-hybridized carbons (Fsp3) is 0.444. The van der Waals surface area contributed by atoms with Crippen LogP contribution in [-0.4, -0.2) is 18.1 Å². The van der Waals surface area contributed by atoms with Crippen molar-refractivity contribution in [3.05, 3.63) is 45.1 Å². The smallest absolute Gasteiger partial charge is 0.338 e. The molecule has 0 unspecified atom stereocenters. The number of urea groups is 1. The van der Waals surface area contributed by atoms with Crippen molar-refractivity contribution in [3.8, 4) is 0 Å². The van der Waals surface area contributed by atoms with Gasteiger partial charge in [-0.15, -0.1) is 0 Å². The van der Waals surface area contributed by atoms with Crippen molar-refractivity contribution >= 4 is 35.2 Å². The molecule has 2 N–H and O–H groups in total. The highest BCUT2D eigenvalue weighted by Gasteiger charge is 2.33. The first-order valence-corrected chi connectivity index (χ1v) is 9.15. The lowest BCUT2D eigenvalue weighted by molar-refractivity contribution is -0.146. The van der Waals surface area contributed by atoms with Gasteiger partial charge in [-0.1, -0.05) is 35.7 Å². The third-order valence-electron chi connectivity index (χ3n) is 4.59. The maximum absolute atomic E-state index is 12.8. The molecule has 7 heteroatoms. The average Bonchev–Trinajstić information content (AvgIpc) is 2.57. The summed E-state index contributed by atoms with van der Waals surface area (Å²) in [6, 6.07) is 4.04. The molecule has 0 spiro atoms. The Labute approximate surface area is 156 Å². The molecule has 1 saturated carbocycles. The van der Waals surface area contributed by atoms with Crippen molar-refractivity contribution in [2.24, 2.45) is 0 Å². The van der Waals surface area contributed by atoms with E-state index in [1.54, 1.807) is 25.1 Å². The Morgan fingerprint density at radius 2 is 1.88 bits per heavy atom. The van der Waals surface area contributed by atoms with Gasteiger partial charge >= 0.3 is 12.0 Å². The maximum atomic E-state index is 12.8. The van der Waals surface area contributed by atoms with E-state index in [1.807, 2.05) is 0 Å². The van der Waals surface area contributed by atoms with Gasteiger partial charge in [0.25, 0.3) is 0 Å². The molecule has 0 saturated heterocycles. The predicted octanol–water partition coefficient (Wildman–Crippen LogP) is 4.50. The van der Waals surface area contributed by atoms with Gasteiger partial charge in [0, 0.05) is 5.70 Å². The summed E-state index contributed by atoms with van der Waals surface area (Å²) in [7, 11) is 0. The van der Waals surface area contributed by atoms with Gasteiger partial charge in [-0.25, -0.2) is 9.59 Å². The summed E-state index contributed by atoms with van der Waals surface area (Å²) in [5, 5.41) is 6.19. The zero-order chi connectivity index (χ0) is 18.0. The number of hydrogen-bond donors (Lipinski definition) is 2. The van der Waals surface area contributed by atoms with E-state index in [0.717, 1.165) is 25.7 Å². The molecule has 134 valence electrons. The molecule has 1 heterocycles. The van der Waals surface area contributed by atoms with Crippen LogP contribution < -0.4 is 10.6 Å². The number of rotatable bonds is 3. The molecule has 1 aromatic carbocycles. The number of allylic oxidation sites excluding steroid dienone is 1. The van der Waals surface area contributed by atoms with Crippen LogP contribution in [0.25, 0.3) is 0 Å². The highest BCUT2D eigenvalue weighted by atomic mass is 35.5. The Kier molecular flexibility index (Phi) is 5.54. The van der Waals surface area contributed by atoms with Crippen LogP contribution >= 0.6 is 23.2 Å². The van der Waals surface area contributed by atoms with E-state index in [0.29, 0.717) is 26.9 Å². The molecule has 2 aliphatic rings. The van der Waals surface area contributed by atoms with E-state index in [9.17, 15) is 9.59 Å². The number of amides is 2. The quantitative estimate of drug-likeness (QED) is 0.756. The first-order chi connectivity index (χ1) is 12.0. The van der Waals surface area contributed by atoms with Crippen molar-refractivity contribution < 1.29 is 14.3 Å². The first-order valence-electron chi connectivity index (χ1n) is 8.40. The van der Waals surface area contributed by atoms with Crippen LogP contribution in [0.2, 0.25) is 10.0 Å². The number of nitrogens with one attached hydrogen (secondary N) is 2. The molecule has 1 aliphatic carbocycles. The molecule has 1 aromatic rings. The van der Waals surface area contributed by atoms with Gasteiger partial charge in [-0.3, -0.25) is 0 Å². The second-order valence-electron chi connectivity index (χ2n) is 6.41. The number of esters is 1. The average molecular weight is 383 g/mol. The Bertz CT molecular complexity index is 727. The minimum absolute atomic E-state index is 0.0615. The number of halogens is 2. The number of hydrogen-bond acceptors (Lipinski definition) is 3. The Morgan fingerprint density at radius 3 is 2.56 bits per heavy atom. The SMILES string of the molecule is CC1=C(C(=O)OC2CCCCC2)[C@H](c2ccc(Cl)c(Cl)c2)NC(=O)N1. The Morgan fingerprint density at radius 1 is 1.16 bits per heavy atom. The molecule has 0 radical (unpaired) electrons. The molecule has 5 nitrogen and oxygen atoms in total. The van der Waals surface area contributed by atoms with Gasteiger partial charge in [-0.2, -0.15) is 0 Å². The number of carbonyl (C=O) groups excluding carboxylic acids is 2.